The number of nitrogens with zero attached hydrogens (tertiary/aromatic N) is 2. The fraction of sp³-hybridized carbons (Fsp3) is 0.343. The average Bonchev–Trinajstić information content (AvgIpc) is 3.63. The molecule has 3 N–H and O–H groups in total. The maximum atomic E-state index is 14.0. The van der Waals surface area contributed by atoms with E-state index < -0.39 is 17.4 Å². The van der Waals surface area contributed by atoms with Crippen molar-refractivity contribution in [1.29, 1.82) is 0 Å². The molecule has 2 aliphatic rings. The van der Waals surface area contributed by atoms with Crippen molar-refractivity contribution in [2.75, 3.05) is 37.6 Å². The number of fused-ring (bicyclic) bond motifs is 1. The van der Waals surface area contributed by atoms with E-state index in [0.717, 1.165) is 18.4 Å². The van der Waals surface area contributed by atoms with Crippen LogP contribution in [0.25, 0.3) is 0 Å². The van der Waals surface area contributed by atoms with Gasteiger partial charge >= 0.3 is 0 Å². The van der Waals surface area contributed by atoms with Crippen molar-refractivity contribution in [2.24, 2.45) is 5.92 Å². The summed E-state index contributed by atoms with van der Waals surface area (Å²) in [7, 11) is 3.09. The zero-order chi connectivity index (χ0) is 32.1. The number of hydrogen-bond acceptors (Lipinski definition) is 7. The first kappa shape index (κ1) is 31.7. The molecule has 0 bridgehead atoms. The van der Waals surface area contributed by atoms with Gasteiger partial charge in [0, 0.05) is 35.7 Å². The van der Waals surface area contributed by atoms with Crippen molar-refractivity contribution < 1.29 is 34.1 Å². The number of aliphatic hydroxyl groups excluding tert-OH is 1. The molecule has 236 valence electrons. The molecule has 0 unspecified atom stereocenters. The number of methoxy groups -OCH3 is 2. The normalized spacial score (nSPS) is 19.9. The lowest BCUT2D eigenvalue weighted by molar-refractivity contribution is -0.139. The van der Waals surface area contributed by atoms with Gasteiger partial charge in [0.2, 0.25) is 5.91 Å². The van der Waals surface area contributed by atoms with Gasteiger partial charge in [-0.25, -0.2) is 0 Å². The largest absolute Gasteiger partial charge is 0.497 e. The molecule has 10 nitrogen and oxygen atoms in total. The number of ether oxygens (including phenoxy) is 2. The van der Waals surface area contributed by atoms with Crippen LogP contribution in [-0.2, 0) is 21.7 Å². The van der Waals surface area contributed by atoms with Crippen LogP contribution < -0.4 is 19.7 Å². The summed E-state index contributed by atoms with van der Waals surface area (Å²) in [5.74, 6) is -0.316. The van der Waals surface area contributed by atoms with E-state index in [1.807, 2.05) is 12.1 Å². The number of rotatable bonds is 11. The van der Waals surface area contributed by atoms with Crippen molar-refractivity contribution in [1.82, 2.24) is 4.90 Å². The van der Waals surface area contributed by atoms with Crippen molar-refractivity contribution in [3.63, 3.8) is 0 Å². The van der Waals surface area contributed by atoms with E-state index in [2.05, 4.69) is 5.32 Å². The molecule has 2 aliphatic heterocycles. The Kier molecular flexibility index (Phi) is 9.55. The van der Waals surface area contributed by atoms with Gasteiger partial charge in [0.1, 0.15) is 11.5 Å². The second kappa shape index (κ2) is 13.5. The SMILES string of the molecule is COc1ccc(C(=O)Nc2ccc(CN3C(=O)[C@@](O)([C@@H](C)/C=C/CC(=O)N4CCC[C@H]4CO)c4cc(OC)ccc43)cc2)cc1. The Balaban J connectivity index is 1.31. The molecule has 3 aromatic rings. The number of benzene rings is 3. The number of amides is 3. The monoisotopic (exact) mass is 613 g/mol. The maximum absolute atomic E-state index is 14.0. The highest BCUT2D eigenvalue weighted by Crippen LogP contribution is 2.47. The summed E-state index contributed by atoms with van der Waals surface area (Å²) in [5.41, 5.74) is 1.01. The Labute approximate surface area is 262 Å². The van der Waals surface area contributed by atoms with Gasteiger partial charge in [0.25, 0.3) is 11.8 Å². The molecule has 0 aromatic heterocycles. The van der Waals surface area contributed by atoms with Crippen LogP contribution in [0.3, 0.4) is 0 Å². The van der Waals surface area contributed by atoms with Gasteiger partial charge in [-0.15, -0.1) is 0 Å². The molecule has 1 fully saturated rings. The third-order valence-electron chi connectivity index (χ3n) is 8.67. The van der Waals surface area contributed by atoms with E-state index in [1.54, 1.807) is 90.6 Å². The van der Waals surface area contributed by atoms with Gasteiger partial charge in [-0.05, 0) is 73.0 Å². The minimum atomic E-state index is -1.88. The predicted octanol–water partition coefficient (Wildman–Crippen LogP) is 4.26. The van der Waals surface area contributed by atoms with Crippen molar-refractivity contribution in [3.05, 3.63) is 95.6 Å². The predicted molar refractivity (Wildman–Crippen MR) is 170 cm³/mol. The highest BCUT2D eigenvalue weighted by atomic mass is 16.5. The number of carbonyl (C=O) groups excluding carboxylic acids is 3. The quantitative estimate of drug-likeness (QED) is 0.276. The van der Waals surface area contributed by atoms with Crippen LogP contribution in [0.15, 0.2) is 78.9 Å². The Bertz CT molecular complexity index is 1570. The Hall–Kier alpha value is -4.67. The Morgan fingerprint density at radius 1 is 1.04 bits per heavy atom. The maximum Gasteiger partial charge on any atom is 0.264 e. The standard InChI is InChI=1S/C35H39N3O7/c1-23(6-4-8-32(40)37-19-5-7-27(37)22-39)35(43)30-20-29(45-3)17-18-31(30)38(34(35)42)21-24-9-13-26(14-10-24)36-33(41)25-11-15-28(44-2)16-12-25/h4,6,9-18,20,23,27,39,43H,5,7-8,19,21-22H2,1-3H3,(H,36,41)/b6-4+/t23-,27-,35+/m0/s1. The fourth-order valence-corrected chi connectivity index (χ4v) is 6.02. The fourth-order valence-electron chi connectivity index (χ4n) is 6.02. The van der Waals surface area contributed by atoms with Crippen molar-refractivity contribution >= 4 is 29.1 Å². The number of hydrogen-bond donors (Lipinski definition) is 3. The molecule has 3 amide bonds. The van der Waals surface area contributed by atoms with Crippen LogP contribution in [0.1, 0.15) is 47.7 Å². The van der Waals surface area contributed by atoms with Gasteiger partial charge in [0.05, 0.1) is 39.1 Å². The molecule has 3 atom stereocenters. The van der Waals surface area contributed by atoms with E-state index in [9.17, 15) is 24.6 Å². The lowest BCUT2D eigenvalue weighted by atomic mass is 9.83. The van der Waals surface area contributed by atoms with Gasteiger partial charge < -0.3 is 34.8 Å². The number of nitrogens with one attached hydrogen (secondary N) is 1. The first-order valence-electron chi connectivity index (χ1n) is 15.0. The number of carbonyl (C=O) groups is 3. The smallest absolute Gasteiger partial charge is 0.264 e. The molecule has 3 aromatic carbocycles. The van der Waals surface area contributed by atoms with Crippen LogP contribution in [0.2, 0.25) is 0 Å². The van der Waals surface area contributed by atoms with Crippen LogP contribution in [0.5, 0.6) is 11.5 Å². The summed E-state index contributed by atoms with van der Waals surface area (Å²) in [6, 6.07) is 19.0. The van der Waals surface area contributed by atoms with Crippen LogP contribution >= 0.6 is 0 Å². The zero-order valence-electron chi connectivity index (χ0n) is 25.7. The van der Waals surface area contributed by atoms with Gasteiger partial charge in [0.15, 0.2) is 5.60 Å². The van der Waals surface area contributed by atoms with Gasteiger partial charge in [-0.2, -0.15) is 0 Å². The van der Waals surface area contributed by atoms with E-state index in [4.69, 9.17) is 9.47 Å². The number of likely N-dealkylation sites (tertiary alicyclic amines) is 1. The summed E-state index contributed by atoms with van der Waals surface area (Å²) < 4.78 is 10.6. The molecule has 0 spiro atoms. The molecule has 0 aliphatic carbocycles. The molecular weight excluding hydrogens is 574 g/mol. The molecule has 2 heterocycles. The highest BCUT2D eigenvalue weighted by Gasteiger charge is 2.52. The first-order chi connectivity index (χ1) is 21.7. The summed E-state index contributed by atoms with van der Waals surface area (Å²) in [4.78, 5) is 42.6. The molecule has 10 heteroatoms. The van der Waals surface area contributed by atoms with E-state index in [-0.39, 0.29) is 37.4 Å². The number of aliphatic hydroxyl groups is 2. The number of anilines is 2. The van der Waals surface area contributed by atoms with Crippen LogP contribution in [-0.4, -0.2) is 66.2 Å². The average molecular weight is 614 g/mol. The van der Waals surface area contributed by atoms with E-state index in [1.165, 1.54) is 7.11 Å². The minimum absolute atomic E-state index is 0.0599. The molecule has 0 saturated carbocycles. The molecular formula is C35H39N3O7. The van der Waals surface area contributed by atoms with Crippen LogP contribution in [0.4, 0.5) is 11.4 Å². The molecule has 45 heavy (non-hydrogen) atoms. The van der Waals surface area contributed by atoms with Crippen molar-refractivity contribution in [3.8, 4) is 11.5 Å². The second-order valence-electron chi connectivity index (χ2n) is 11.4. The van der Waals surface area contributed by atoms with Crippen LogP contribution in [0, 0.1) is 5.92 Å². The topological polar surface area (TPSA) is 129 Å². The Morgan fingerprint density at radius 2 is 1.73 bits per heavy atom. The molecule has 5 rings (SSSR count). The van der Waals surface area contributed by atoms with Gasteiger partial charge in [-0.3, -0.25) is 14.4 Å². The second-order valence-corrected chi connectivity index (χ2v) is 11.4. The third-order valence-corrected chi connectivity index (χ3v) is 8.67. The van der Waals surface area contributed by atoms with E-state index >= 15 is 0 Å². The summed E-state index contributed by atoms with van der Waals surface area (Å²) in [6.07, 6.45) is 5.15. The zero-order valence-corrected chi connectivity index (χ0v) is 25.7. The Morgan fingerprint density at radius 3 is 2.40 bits per heavy atom. The lowest BCUT2D eigenvalue weighted by Gasteiger charge is -2.28. The summed E-state index contributed by atoms with van der Waals surface area (Å²) in [5, 5.41) is 24.4. The minimum Gasteiger partial charge on any atom is -0.497 e. The first-order valence-corrected chi connectivity index (χ1v) is 15.0. The summed E-state index contributed by atoms with van der Waals surface area (Å²) >= 11 is 0. The lowest BCUT2D eigenvalue weighted by Crippen LogP contribution is -2.44. The third kappa shape index (κ3) is 6.43. The van der Waals surface area contributed by atoms with E-state index in [0.29, 0.717) is 40.5 Å². The van der Waals surface area contributed by atoms with Crippen molar-refractivity contribution in [2.45, 2.75) is 44.4 Å². The summed E-state index contributed by atoms with van der Waals surface area (Å²) in [6.45, 7) is 2.50. The molecule has 0 radical (unpaired) electrons. The highest BCUT2D eigenvalue weighted by molar-refractivity contribution is 6.07. The molecule has 1 saturated heterocycles. The van der Waals surface area contributed by atoms with Gasteiger partial charge in [-0.1, -0.05) is 31.2 Å².